The molecular formula is C8H12O3. The number of fused-ring (bicyclic) bond motifs is 1. The molecule has 0 aromatic heterocycles. The van der Waals surface area contributed by atoms with Gasteiger partial charge >= 0.3 is 5.97 Å². The van der Waals surface area contributed by atoms with Crippen molar-refractivity contribution in [2.45, 2.75) is 32.0 Å². The van der Waals surface area contributed by atoms with Crippen LogP contribution in [0, 0.1) is 11.8 Å². The fourth-order valence-electron chi connectivity index (χ4n) is 1.95. The molecular weight excluding hydrogens is 144 g/mol. The molecule has 0 amide bonds. The van der Waals surface area contributed by atoms with E-state index in [1.54, 1.807) is 0 Å². The SMILES string of the molecule is CC1CC2OC2CC1C(=O)O. The van der Waals surface area contributed by atoms with Gasteiger partial charge in [-0.25, -0.2) is 0 Å². The summed E-state index contributed by atoms with van der Waals surface area (Å²) >= 11 is 0. The summed E-state index contributed by atoms with van der Waals surface area (Å²) in [5, 5.41) is 8.79. The van der Waals surface area contributed by atoms with Crippen LogP contribution < -0.4 is 0 Å². The zero-order chi connectivity index (χ0) is 8.01. The van der Waals surface area contributed by atoms with E-state index in [1.807, 2.05) is 6.92 Å². The highest BCUT2D eigenvalue weighted by molar-refractivity contribution is 5.70. The topological polar surface area (TPSA) is 49.8 Å². The number of epoxide rings is 1. The van der Waals surface area contributed by atoms with Crippen molar-refractivity contribution in [1.82, 2.24) is 0 Å². The summed E-state index contributed by atoms with van der Waals surface area (Å²) in [6.07, 6.45) is 2.32. The summed E-state index contributed by atoms with van der Waals surface area (Å²) < 4.78 is 5.27. The molecule has 4 atom stereocenters. The van der Waals surface area contributed by atoms with Gasteiger partial charge in [0.05, 0.1) is 18.1 Å². The minimum absolute atomic E-state index is 0.168. The van der Waals surface area contributed by atoms with Crippen LogP contribution in [0.15, 0.2) is 0 Å². The highest BCUT2D eigenvalue weighted by atomic mass is 16.6. The zero-order valence-corrected chi connectivity index (χ0v) is 6.49. The molecule has 1 saturated carbocycles. The van der Waals surface area contributed by atoms with E-state index in [2.05, 4.69) is 0 Å². The molecule has 3 nitrogen and oxygen atoms in total. The first kappa shape index (κ1) is 7.10. The Hall–Kier alpha value is -0.570. The molecule has 11 heavy (non-hydrogen) atoms. The smallest absolute Gasteiger partial charge is 0.306 e. The molecule has 0 aromatic carbocycles. The van der Waals surface area contributed by atoms with Crippen LogP contribution in [0.4, 0.5) is 0 Å². The van der Waals surface area contributed by atoms with E-state index >= 15 is 0 Å². The molecule has 0 bridgehead atoms. The minimum Gasteiger partial charge on any atom is -0.481 e. The molecule has 2 rings (SSSR count). The largest absolute Gasteiger partial charge is 0.481 e. The van der Waals surface area contributed by atoms with Crippen LogP contribution in [0.1, 0.15) is 19.8 Å². The number of hydrogen-bond donors (Lipinski definition) is 1. The number of ether oxygens (including phenoxy) is 1. The van der Waals surface area contributed by atoms with Crippen molar-refractivity contribution in [2.75, 3.05) is 0 Å². The standard InChI is InChI=1S/C8H12O3/c1-4-2-6-7(11-6)3-5(4)8(9)10/h4-7H,2-3H2,1H3,(H,9,10). The van der Waals surface area contributed by atoms with Crippen molar-refractivity contribution in [1.29, 1.82) is 0 Å². The van der Waals surface area contributed by atoms with Crippen LogP contribution in [0.3, 0.4) is 0 Å². The van der Waals surface area contributed by atoms with Gasteiger partial charge in [0.2, 0.25) is 0 Å². The third kappa shape index (κ3) is 1.13. The summed E-state index contributed by atoms with van der Waals surface area (Å²) in [5.74, 6) is -0.540. The molecule has 0 spiro atoms. The monoisotopic (exact) mass is 156 g/mol. The van der Waals surface area contributed by atoms with Gasteiger partial charge in [0.25, 0.3) is 0 Å². The molecule has 0 radical (unpaired) electrons. The second-order valence-electron chi connectivity index (χ2n) is 3.61. The Labute approximate surface area is 65.4 Å². The summed E-state index contributed by atoms with van der Waals surface area (Å²) in [6.45, 7) is 2.00. The van der Waals surface area contributed by atoms with E-state index in [0.717, 1.165) is 12.8 Å². The number of carboxylic acids is 1. The fraction of sp³-hybridized carbons (Fsp3) is 0.875. The quantitative estimate of drug-likeness (QED) is 0.573. The summed E-state index contributed by atoms with van der Waals surface area (Å²) in [4.78, 5) is 10.7. The fourth-order valence-corrected chi connectivity index (χ4v) is 1.95. The summed E-state index contributed by atoms with van der Waals surface area (Å²) in [6, 6.07) is 0. The van der Waals surface area contributed by atoms with Gasteiger partial charge in [-0.2, -0.15) is 0 Å². The maximum absolute atomic E-state index is 10.7. The van der Waals surface area contributed by atoms with Crippen LogP contribution in [0.25, 0.3) is 0 Å². The lowest BCUT2D eigenvalue weighted by atomic mass is 9.81. The van der Waals surface area contributed by atoms with Crippen molar-refractivity contribution in [3.05, 3.63) is 0 Å². The molecule has 4 unspecified atom stereocenters. The van der Waals surface area contributed by atoms with Crippen LogP contribution in [0.2, 0.25) is 0 Å². The zero-order valence-electron chi connectivity index (χ0n) is 6.49. The van der Waals surface area contributed by atoms with Crippen molar-refractivity contribution in [3.63, 3.8) is 0 Å². The van der Waals surface area contributed by atoms with Gasteiger partial charge in [0, 0.05) is 0 Å². The first-order valence-electron chi connectivity index (χ1n) is 4.06. The minimum atomic E-state index is -0.661. The number of carboxylic acid groups (broad SMARTS) is 1. The van der Waals surface area contributed by atoms with Gasteiger partial charge in [0.1, 0.15) is 0 Å². The maximum Gasteiger partial charge on any atom is 0.306 e. The predicted molar refractivity (Wildman–Crippen MR) is 38.2 cm³/mol. The highest BCUT2D eigenvalue weighted by Crippen LogP contribution is 2.42. The Morgan fingerprint density at radius 2 is 2.09 bits per heavy atom. The van der Waals surface area contributed by atoms with E-state index in [-0.39, 0.29) is 17.9 Å². The van der Waals surface area contributed by atoms with Crippen LogP contribution >= 0.6 is 0 Å². The number of hydrogen-bond acceptors (Lipinski definition) is 2. The predicted octanol–water partition coefficient (Wildman–Crippen LogP) is 0.885. The number of carbonyl (C=O) groups is 1. The van der Waals surface area contributed by atoms with Crippen molar-refractivity contribution >= 4 is 5.97 Å². The molecule has 1 saturated heterocycles. The number of rotatable bonds is 1. The van der Waals surface area contributed by atoms with Gasteiger partial charge in [-0.05, 0) is 18.8 Å². The molecule has 0 aromatic rings. The third-order valence-electron chi connectivity index (χ3n) is 2.78. The average Bonchev–Trinajstić information content (AvgIpc) is 2.63. The van der Waals surface area contributed by atoms with Crippen molar-refractivity contribution < 1.29 is 14.6 Å². The Morgan fingerprint density at radius 1 is 1.45 bits per heavy atom. The lowest BCUT2D eigenvalue weighted by Gasteiger charge is -2.21. The summed E-state index contributed by atoms with van der Waals surface area (Å²) in [7, 11) is 0. The Morgan fingerprint density at radius 3 is 2.73 bits per heavy atom. The second-order valence-corrected chi connectivity index (χ2v) is 3.61. The van der Waals surface area contributed by atoms with E-state index in [4.69, 9.17) is 9.84 Å². The molecule has 2 aliphatic rings. The first-order chi connectivity index (χ1) is 5.18. The van der Waals surface area contributed by atoms with Gasteiger partial charge in [-0.1, -0.05) is 6.92 Å². The Kier molecular flexibility index (Phi) is 1.42. The number of aliphatic carboxylic acids is 1. The van der Waals surface area contributed by atoms with Crippen molar-refractivity contribution in [2.24, 2.45) is 11.8 Å². The van der Waals surface area contributed by atoms with E-state index in [0.29, 0.717) is 6.10 Å². The van der Waals surface area contributed by atoms with Gasteiger partial charge in [0.15, 0.2) is 0 Å². The average molecular weight is 156 g/mol. The maximum atomic E-state index is 10.7. The Bertz CT molecular complexity index is 190. The molecule has 1 N–H and O–H groups in total. The van der Waals surface area contributed by atoms with Gasteiger partial charge in [-0.15, -0.1) is 0 Å². The van der Waals surface area contributed by atoms with Crippen LogP contribution in [-0.2, 0) is 9.53 Å². The molecule has 1 aliphatic carbocycles. The van der Waals surface area contributed by atoms with Gasteiger partial charge < -0.3 is 9.84 Å². The van der Waals surface area contributed by atoms with Crippen LogP contribution in [0.5, 0.6) is 0 Å². The van der Waals surface area contributed by atoms with Crippen LogP contribution in [-0.4, -0.2) is 23.3 Å². The van der Waals surface area contributed by atoms with Crippen molar-refractivity contribution in [3.8, 4) is 0 Å². The second kappa shape index (κ2) is 2.21. The van der Waals surface area contributed by atoms with Gasteiger partial charge in [-0.3, -0.25) is 4.79 Å². The highest BCUT2D eigenvalue weighted by Gasteiger charge is 2.48. The first-order valence-corrected chi connectivity index (χ1v) is 4.06. The normalized spacial score (nSPS) is 48.1. The third-order valence-corrected chi connectivity index (χ3v) is 2.78. The summed E-state index contributed by atoms with van der Waals surface area (Å²) in [5.41, 5.74) is 0. The molecule has 3 heteroatoms. The Balaban J connectivity index is 2.03. The van der Waals surface area contributed by atoms with E-state index in [9.17, 15) is 4.79 Å². The molecule has 2 fully saturated rings. The molecule has 62 valence electrons. The lowest BCUT2D eigenvalue weighted by Crippen LogP contribution is -2.28. The van der Waals surface area contributed by atoms with E-state index < -0.39 is 5.97 Å². The lowest BCUT2D eigenvalue weighted by molar-refractivity contribution is -0.144. The molecule has 1 aliphatic heterocycles. The molecule has 1 heterocycles. The van der Waals surface area contributed by atoms with E-state index in [1.165, 1.54) is 0 Å².